The highest BCUT2D eigenvalue weighted by atomic mass is 35.5. The molecule has 0 aromatic heterocycles. The summed E-state index contributed by atoms with van der Waals surface area (Å²) in [5, 5.41) is 0.344. The van der Waals surface area contributed by atoms with Crippen LogP contribution in [0, 0.1) is 0 Å². The van der Waals surface area contributed by atoms with Gasteiger partial charge in [-0.2, -0.15) is 0 Å². The maximum absolute atomic E-state index is 11.3. The summed E-state index contributed by atoms with van der Waals surface area (Å²) in [7, 11) is 2.95. The summed E-state index contributed by atoms with van der Waals surface area (Å²) < 4.78 is 14.8. The minimum atomic E-state index is -0.721. The molecule has 0 aliphatic heterocycles. The predicted molar refractivity (Wildman–Crippen MR) is 73.7 cm³/mol. The summed E-state index contributed by atoms with van der Waals surface area (Å²) in [4.78, 5) is 21.7. The average Bonchev–Trinajstić information content (AvgIpc) is 2.42. The Morgan fingerprint density at radius 2 is 2.00 bits per heavy atom. The number of carbonyl (C=O) groups is 2. The van der Waals surface area contributed by atoms with Gasteiger partial charge in [-0.25, -0.2) is 4.79 Å². The Labute approximate surface area is 121 Å². The van der Waals surface area contributed by atoms with Gasteiger partial charge in [-0.05, 0) is 23.8 Å². The number of esters is 1. The molecule has 6 nitrogen and oxygen atoms in total. The number of methoxy groups -OCH3 is 2. The van der Waals surface area contributed by atoms with E-state index >= 15 is 0 Å². The van der Waals surface area contributed by atoms with Gasteiger partial charge < -0.3 is 19.9 Å². The molecule has 108 valence electrons. The lowest BCUT2D eigenvalue weighted by Crippen LogP contribution is -2.19. The first kappa shape index (κ1) is 15.8. The largest absolute Gasteiger partial charge is 0.493 e. The summed E-state index contributed by atoms with van der Waals surface area (Å²) in [6.45, 7) is -0.462. The summed E-state index contributed by atoms with van der Waals surface area (Å²) in [6.07, 6.45) is 2.62. The van der Waals surface area contributed by atoms with Gasteiger partial charge in [0.1, 0.15) is 0 Å². The van der Waals surface area contributed by atoms with Crippen LogP contribution >= 0.6 is 11.6 Å². The van der Waals surface area contributed by atoms with E-state index in [2.05, 4.69) is 4.74 Å². The van der Waals surface area contributed by atoms with Crippen LogP contribution in [0.2, 0.25) is 5.02 Å². The molecule has 1 aromatic carbocycles. The van der Waals surface area contributed by atoms with Crippen molar-refractivity contribution in [3.8, 4) is 11.5 Å². The Balaban J connectivity index is 2.85. The molecule has 0 aliphatic carbocycles. The van der Waals surface area contributed by atoms with Gasteiger partial charge in [-0.15, -0.1) is 0 Å². The molecule has 0 heterocycles. The van der Waals surface area contributed by atoms with Gasteiger partial charge in [-0.1, -0.05) is 11.6 Å². The fraction of sp³-hybridized carbons (Fsp3) is 0.231. The molecule has 0 fully saturated rings. The van der Waals surface area contributed by atoms with Crippen molar-refractivity contribution in [3.63, 3.8) is 0 Å². The van der Waals surface area contributed by atoms with Crippen LogP contribution in [0.1, 0.15) is 5.56 Å². The van der Waals surface area contributed by atoms with Gasteiger partial charge in [0.2, 0.25) is 0 Å². The molecule has 7 heteroatoms. The van der Waals surface area contributed by atoms with Crippen LogP contribution in [0.3, 0.4) is 0 Å². The Bertz CT molecular complexity index is 542. The van der Waals surface area contributed by atoms with Crippen LogP contribution in [0.15, 0.2) is 18.2 Å². The molecule has 0 saturated heterocycles. The van der Waals surface area contributed by atoms with E-state index in [1.165, 1.54) is 20.3 Å². The number of carbonyl (C=O) groups excluding carboxylic acids is 2. The fourth-order valence-electron chi connectivity index (χ4n) is 1.39. The minimum absolute atomic E-state index is 0.344. The molecule has 2 N–H and O–H groups in total. The zero-order valence-corrected chi connectivity index (χ0v) is 11.8. The van der Waals surface area contributed by atoms with E-state index in [1.54, 1.807) is 12.1 Å². The summed E-state index contributed by atoms with van der Waals surface area (Å²) in [5.41, 5.74) is 5.46. The molecular formula is C13H14ClNO5. The normalized spacial score (nSPS) is 10.3. The quantitative estimate of drug-likeness (QED) is 0.633. The SMILES string of the molecule is COc1cc(C=CC(=O)OCC(N)=O)cc(Cl)c1OC. The number of ether oxygens (including phenoxy) is 3. The van der Waals surface area contributed by atoms with E-state index in [1.807, 2.05) is 0 Å². The van der Waals surface area contributed by atoms with Crippen LogP contribution in [0.5, 0.6) is 11.5 Å². The lowest BCUT2D eigenvalue weighted by molar-refractivity contribution is -0.142. The predicted octanol–water partition coefficient (Wildman–Crippen LogP) is 1.40. The van der Waals surface area contributed by atoms with Crippen LogP contribution < -0.4 is 15.2 Å². The minimum Gasteiger partial charge on any atom is -0.493 e. The number of rotatable bonds is 6. The lowest BCUT2D eigenvalue weighted by Gasteiger charge is -2.10. The second-order valence-corrected chi connectivity index (χ2v) is 4.05. The molecule has 0 unspecified atom stereocenters. The monoisotopic (exact) mass is 299 g/mol. The molecule has 0 bridgehead atoms. The molecule has 0 radical (unpaired) electrons. The number of amides is 1. The maximum atomic E-state index is 11.3. The number of halogens is 1. The Morgan fingerprint density at radius 3 is 2.55 bits per heavy atom. The zero-order chi connectivity index (χ0) is 15.1. The molecule has 1 aromatic rings. The first-order chi connectivity index (χ1) is 9.47. The topological polar surface area (TPSA) is 87.9 Å². The van der Waals surface area contributed by atoms with E-state index < -0.39 is 18.5 Å². The first-order valence-corrected chi connectivity index (χ1v) is 5.90. The van der Waals surface area contributed by atoms with Crippen molar-refractivity contribution in [3.05, 3.63) is 28.8 Å². The van der Waals surface area contributed by atoms with Gasteiger partial charge in [-0.3, -0.25) is 4.79 Å². The van der Waals surface area contributed by atoms with Crippen molar-refractivity contribution in [2.24, 2.45) is 5.73 Å². The average molecular weight is 300 g/mol. The van der Waals surface area contributed by atoms with E-state index in [0.717, 1.165) is 6.08 Å². The summed E-state index contributed by atoms with van der Waals surface area (Å²) >= 11 is 6.02. The molecule has 1 rings (SSSR count). The van der Waals surface area contributed by atoms with Crippen molar-refractivity contribution < 1.29 is 23.8 Å². The number of primary amides is 1. The van der Waals surface area contributed by atoms with Crippen molar-refractivity contribution in [1.82, 2.24) is 0 Å². The third-order valence-electron chi connectivity index (χ3n) is 2.22. The maximum Gasteiger partial charge on any atom is 0.331 e. The third-order valence-corrected chi connectivity index (χ3v) is 2.51. The molecule has 1 amide bonds. The first-order valence-electron chi connectivity index (χ1n) is 5.52. The number of hydrogen-bond donors (Lipinski definition) is 1. The van der Waals surface area contributed by atoms with Crippen LogP contribution in [-0.4, -0.2) is 32.7 Å². The van der Waals surface area contributed by atoms with Gasteiger partial charge in [0, 0.05) is 6.08 Å². The van der Waals surface area contributed by atoms with E-state index in [9.17, 15) is 9.59 Å². The highest BCUT2D eigenvalue weighted by molar-refractivity contribution is 6.32. The van der Waals surface area contributed by atoms with E-state index in [4.69, 9.17) is 26.8 Å². The van der Waals surface area contributed by atoms with E-state index in [-0.39, 0.29) is 0 Å². The Morgan fingerprint density at radius 1 is 1.30 bits per heavy atom. The third kappa shape index (κ3) is 4.47. The zero-order valence-electron chi connectivity index (χ0n) is 11.0. The van der Waals surface area contributed by atoms with Crippen molar-refractivity contribution in [1.29, 1.82) is 0 Å². The summed E-state index contributed by atoms with van der Waals surface area (Å²) in [6, 6.07) is 3.24. The smallest absolute Gasteiger partial charge is 0.331 e. The highest BCUT2D eigenvalue weighted by Gasteiger charge is 2.10. The summed E-state index contributed by atoms with van der Waals surface area (Å²) in [5.74, 6) is -0.566. The van der Waals surface area contributed by atoms with E-state index in [0.29, 0.717) is 22.1 Å². The van der Waals surface area contributed by atoms with Crippen molar-refractivity contribution >= 4 is 29.6 Å². The van der Waals surface area contributed by atoms with Gasteiger partial charge in [0.05, 0.1) is 19.2 Å². The van der Waals surface area contributed by atoms with Crippen LogP contribution in [0.25, 0.3) is 6.08 Å². The molecule has 0 atom stereocenters. The second kappa shape index (κ2) is 7.40. The molecule has 20 heavy (non-hydrogen) atoms. The van der Waals surface area contributed by atoms with Crippen LogP contribution in [-0.2, 0) is 14.3 Å². The Kier molecular flexibility index (Phi) is 5.86. The number of hydrogen-bond acceptors (Lipinski definition) is 5. The van der Waals surface area contributed by atoms with Gasteiger partial charge in [0.25, 0.3) is 5.91 Å². The molecular weight excluding hydrogens is 286 g/mol. The van der Waals surface area contributed by atoms with Gasteiger partial charge >= 0.3 is 5.97 Å². The highest BCUT2D eigenvalue weighted by Crippen LogP contribution is 2.36. The van der Waals surface area contributed by atoms with Gasteiger partial charge in [0.15, 0.2) is 18.1 Å². The van der Waals surface area contributed by atoms with Crippen LogP contribution in [0.4, 0.5) is 0 Å². The number of benzene rings is 1. The molecule has 0 aliphatic rings. The lowest BCUT2D eigenvalue weighted by atomic mass is 10.2. The Hall–Kier alpha value is -2.21. The fourth-order valence-corrected chi connectivity index (χ4v) is 1.69. The molecule has 0 saturated carbocycles. The molecule has 0 spiro atoms. The standard InChI is InChI=1S/C13H14ClNO5/c1-18-10-6-8(5-9(14)13(10)19-2)3-4-12(17)20-7-11(15)16/h3-6H,7H2,1-2H3,(H2,15,16). The second-order valence-electron chi connectivity index (χ2n) is 3.65. The van der Waals surface area contributed by atoms with Crippen molar-refractivity contribution in [2.45, 2.75) is 0 Å². The number of nitrogens with two attached hydrogens (primary N) is 1. The van der Waals surface area contributed by atoms with Crippen molar-refractivity contribution in [2.75, 3.05) is 20.8 Å².